The number of amides is 2. The van der Waals surface area contributed by atoms with Crippen molar-refractivity contribution in [1.82, 2.24) is 10.2 Å². The Morgan fingerprint density at radius 2 is 2.22 bits per heavy atom. The third-order valence-corrected chi connectivity index (χ3v) is 3.66. The number of halogens is 3. The van der Waals surface area contributed by atoms with Gasteiger partial charge in [0.1, 0.15) is 12.4 Å². The van der Waals surface area contributed by atoms with E-state index in [1.807, 2.05) is 0 Å². The number of benzene rings is 1. The summed E-state index contributed by atoms with van der Waals surface area (Å²) in [5.74, 6) is 0.100. The maximum Gasteiger partial charge on any atom is 0.416 e. The Bertz CT molecular complexity index is 537. The van der Waals surface area contributed by atoms with Crippen LogP contribution in [0.25, 0.3) is 0 Å². The number of urea groups is 1. The van der Waals surface area contributed by atoms with Gasteiger partial charge in [-0.05, 0) is 31.0 Å². The summed E-state index contributed by atoms with van der Waals surface area (Å²) in [7, 11) is 0. The topological polar surface area (TPSA) is 61.8 Å². The third kappa shape index (κ3) is 4.75. The lowest BCUT2D eigenvalue weighted by Crippen LogP contribution is -2.45. The Balaban J connectivity index is 1.76. The molecule has 1 heterocycles. The molecule has 0 spiro atoms. The molecule has 128 valence electrons. The number of nitrogens with one attached hydrogen (secondary N) is 1. The first-order valence-corrected chi connectivity index (χ1v) is 7.37. The van der Waals surface area contributed by atoms with E-state index in [0.717, 1.165) is 25.0 Å². The van der Waals surface area contributed by atoms with Gasteiger partial charge in [0.05, 0.1) is 24.8 Å². The van der Waals surface area contributed by atoms with Crippen LogP contribution in [0.1, 0.15) is 18.4 Å². The molecule has 1 aromatic rings. The summed E-state index contributed by atoms with van der Waals surface area (Å²) in [6, 6.07) is 4.13. The molecular formula is C15H19F3N2O3. The van der Waals surface area contributed by atoms with E-state index in [0.29, 0.717) is 6.54 Å². The lowest BCUT2D eigenvalue weighted by atomic mass is 10.2. The van der Waals surface area contributed by atoms with Crippen molar-refractivity contribution in [2.45, 2.75) is 25.1 Å². The molecule has 1 atom stereocenters. The van der Waals surface area contributed by atoms with Crippen molar-refractivity contribution in [3.05, 3.63) is 29.8 Å². The van der Waals surface area contributed by atoms with Crippen LogP contribution in [0.4, 0.5) is 18.0 Å². The summed E-state index contributed by atoms with van der Waals surface area (Å²) in [5, 5.41) is 11.8. The van der Waals surface area contributed by atoms with Crippen LogP contribution in [0.3, 0.4) is 0 Å². The maximum atomic E-state index is 12.6. The van der Waals surface area contributed by atoms with Crippen molar-refractivity contribution in [1.29, 1.82) is 0 Å². The fourth-order valence-electron chi connectivity index (χ4n) is 2.48. The average Bonchev–Trinajstić information content (AvgIpc) is 2.99. The zero-order valence-electron chi connectivity index (χ0n) is 12.5. The number of ether oxygens (including phenoxy) is 1. The van der Waals surface area contributed by atoms with Crippen molar-refractivity contribution < 1.29 is 27.8 Å². The number of hydrogen-bond acceptors (Lipinski definition) is 3. The molecule has 1 aliphatic heterocycles. The fourth-order valence-corrected chi connectivity index (χ4v) is 2.48. The van der Waals surface area contributed by atoms with E-state index in [9.17, 15) is 18.0 Å². The summed E-state index contributed by atoms with van der Waals surface area (Å²) in [6.45, 7) is 0.744. The van der Waals surface area contributed by atoms with Crippen LogP contribution in [0.2, 0.25) is 0 Å². The minimum Gasteiger partial charge on any atom is -0.492 e. The van der Waals surface area contributed by atoms with E-state index in [2.05, 4.69) is 5.32 Å². The van der Waals surface area contributed by atoms with E-state index in [-0.39, 0.29) is 37.6 Å². The predicted octanol–water partition coefficient (Wildman–Crippen LogP) is 2.25. The van der Waals surface area contributed by atoms with Gasteiger partial charge in [0.2, 0.25) is 0 Å². The molecule has 8 heteroatoms. The molecule has 2 amide bonds. The number of aliphatic hydroxyl groups excluding tert-OH is 1. The molecular weight excluding hydrogens is 313 g/mol. The largest absolute Gasteiger partial charge is 0.492 e. The highest BCUT2D eigenvalue weighted by Crippen LogP contribution is 2.31. The Morgan fingerprint density at radius 1 is 1.43 bits per heavy atom. The average molecular weight is 332 g/mol. The molecule has 0 saturated carbocycles. The molecule has 0 bridgehead atoms. The van der Waals surface area contributed by atoms with Crippen LogP contribution in [0.15, 0.2) is 24.3 Å². The van der Waals surface area contributed by atoms with Gasteiger partial charge in [-0.15, -0.1) is 0 Å². The van der Waals surface area contributed by atoms with Gasteiger partial charge in [0.15, 0.2) is 0 Å². The number of rotatable bonds is 5. The van der Waals surface area contributed by atoms with Gasteiger partial charge in [-0.2, -0.15) is 13.2 Å². The number of likely N-dealkylation sites (tertiary alicyclic amines) is 1. The van der Waals surface area contributed by atoms with Gasteiger partial charge in [0.25, 0.3) is 0 Å². The van der Waals surface area contributed by atoms with Crippen LogP contribution >= 0.6 is 0 Å². The molecule has 1 unspecified atom stereocenters. The predicted molar refractivity (Wildman–Crippen MR) is 77.2 cm³/mol. The second kappa shape index (κ2) is 7.54. The van der Waals surface area contributed by atoms with Gasteiger partial charge in [0, 0.05) is 6.54 Å². The van der Waals surface area contributed by atoms with E-state index in [4.69, 9.17) is 9.84 Å². The van der Waals surface area contributed by atoms with Crippen LogP contribution < -0.4 is 10.1 Å². The summed E-state index contributed by atoms with van der Waals surface area (Å²) in [6.07, 6.45) is -2.80. The lowest BCUT2D eigenvalue weighted by Gasteiger charge is -2.23. The van der Waals surface area contributed by atoms with E-state index in [1.54, 1.807) is 4.90 Å². The monoisotopic (exact) mass is 332 g/mol. The maximum absolute atomic E-state index is 12.6. The standard InChI is InChI=1S/C15H19F3N2O3/c16-15(17,18)11-3-1-5-13(9-11)23-8-6-19-14(22)20-7-2-4-12(20)10-21/h1,3,5,9,12,21H,2,4,6-8,10H2,(H,19,22). The molecule has 0 radical (unpaired) electrons. The molecule has 2 N–H and O–H groups in total. The fraction of sp³-hybridized carbons (Fsp3) is 0.533. The Kier molecular flexibility index (Phi) is 5.70. The highest BCUT2D eigenvalue weighted by atomic mass is 19.4. The van der Waals surface area contributed by atoms with E-state index >= 15 is 0 Å². The minimum atomic E-state index is -4.41. The zero-order valence-corrected chi connectivity index (χ0v) is 12.5. The Hall–Kier alpha value is -1.96. The summed E-state index contributed by atoms with van der Waals surface area (Å²) < 4.78 is 42.9. The van der Waals surface area contributed by atoms with Crippen molar-refractivity contribution in [3.63, 3.8) is 0 Å². The van der Waals surface area contributed by atoms with Crippen molar-refractivity contribution in [3.8, 4) is 5.75 Å². The second-order valence-electron chi connectivity index (χ2n) is 5.28. The molecule has 1 aromatic carbocycles. The SMILES string of the molecule is O=C(NCCOc1cccc(C(F)(F)F)c1)N1CCCC1CO. The highest BCUT2D eigenvalue weighted by Gasteiger charge is 2.30. The Labute approximate surface area is 132 Å². The lowest BCUT2D eigenvalue weighted by molar-refractivity contribution is -0.137. The van der Waals surface area contributed by atoms with Crippen molar-refractivity contribution in [2.24, 2.45) is 0 Å². The van der Waals surface area contributed by atoms with Crippen LogP contribution in [0, 0.1) is 0 Å². The van der Waals surface area contributed by atoms with Gasteiger partial charge < -0.3 is 20.1 Å². The van der Waals surface area contributed by atoms with Crippen molar-refractivity contribution in [2.75, 3.05) is 26.3 Å². The number of nitrogens with zero attached hydrogens (tertiary/aromatic N) is 1. The van der Waals surface area contributed by atoms with Gasteiger partial charge in [-0.3, -0.25) is 0 Å². The van der Waals surface area contributed by atoms with Gasteiger partial charge in [-0.25, -0.2) is 4.79 Å². The molecule has 2 rings (SSSR count). The molecule has 1 aliphatic rings. The first-order chi connectivity index (χ1) is 10.9. The minimum absolute atomic E-state index is 0.0602. The smallest absolute Gasteiger partial charge is 0.416 e. The van der Waals surface area contributed by atoms with Crippen LogP contribution in [-0.4, -0.2) is 48.4 Å². The summed E-state index contributed by atoms with van der Waals surface area (Å²) >= 11 is 0. The molecule has 0 aromatic heterocycles. The molecule has 0 aliphatic carbocycles. The first kappa shape index (κ1) is 17.4. The molecule has 1 saturated heterocycles. The van der Waals surface area contributed by atoms with Crippen molar-refractivity contribution >= 4 is 6.03 Å². The number of hydrogen-bond donors (Lipinski definition) is 2. The van der Waals surface area contributed by atoms with Crippen LogP contribution in [0.5, 0.6) is 5.75 Å². The number of aliphatic hydroxyl groups is 1. The zero-order chi connectivity index (χ0) is 16.9. The first-order valence-electron chi connectivity index (χ1n) is 7.37. The number of carbonyl (C=O) groups is 1. The van der Waals surface area contributed by atoms with Gasteiger partial charge >= 0.3 is 12.2 Å². The molecule has 5 nitrogen and oxygen atoms in total. The van der Waals surface area contributed by atoms with E-state index in [1.165, 1.54) is 12.1 Å². The molecule has 1 fully saturated rings. The molecule has 23 heavy (non-hydrogen) atoms. The summed E-state index contributed by atoms with van der Waals surface area (Å²) in [4.78, 5) is 13.5. The second-order valence-corrected chi connectivity index (χ2v) is 5.28. The quantitative estimate of drug-likeness (QED) is 0.813. The normalized spacial score (nSPS) is 18.1. The Morgan fingerprint density at radius 3 is 2.91 bits per heavy atom. The van der Waals surface area contributed by atoms with Crippen LogP contribution in [-0.2, 0) is 6.18 Å². The van der Waals surface area contributed by atoms with E-state index < -0.39 is 11.7 Å². The number of alkyl halides is 3. The number of carbonyl (C=O) groups excluding carboxylic acids is 1. The highest BCUT2D eigenvalue weighted by molar-refractivity contribution is 5.74. The third-order valence-electron chi connectivity index (χ3n) is 3.66. The van der Waals surface area contributed by atoms with Gasteiger partial charge in [-0.1, -0.05) is 6.07 Å². The summed E-state index contributed by atoms with van der Waals surface area (Å²) in [5.41, 5.74) is -0.776.